The predicted molar refractivity (Wildman–Crippen MR) is 122 cm³/mol. The lowest BCUT2D eigenvalue weighted by molar-refractivity contribution is 0.599. The molecule has 2 N–H and O–H groups in total. The van der Waals surface area contributed by atoms with Gasteiger partial charge >= 0.3 is 0 Å². The number of aryl methyl sites for hydroxylation is 1. The molecule has 4 aromatic rings. The third-order valence-electron chi connectivity index (χ3n) is 4.53. The zero-order chi connectivity index (χ0) is 22.2. The van der Waals surface area contributed by atoms with Crippen LogP contribution < -0.4 is 14.2 Å². The molecule has 0 saturated heterocycles. The lowest BCUT2D eigenvalue weighted by atomic mass is 10.2. The van der Waals surface area contributed by atoms with E-state index in [1.54, 1.807) is 47.4 Å². The first kappa shape index (κ1) is 21.1. The van der Waals surface area contributed by atoms with Crippen molar-refractivity contribution >= 4 is 53.9 Å². The number of nitrogens with one attached hydrogen (secondary N) is 2. The molecule has 1 heterocycles. The van der Waals surface area contributed by atoms with Crippen molar-refractivity contribution in [1.29, 1.82) is 0 Å². The van der Waals surface area contributed by atoms with Gasteiger partial charge in [0.2, 0.25) is 0 Å². The van der Waals surface area contributed by atoms with Crippen LogP contribution in [0, 0.1) is 0 Å². The van der Waals surface area contributed by atoms with E-state index in [1.165, 1.54) is 36.4 Å². The summed E-state index contributed by atoms with van der Waals surface area (Å²) in [6.07, 6.45) is 0. The minimum atomic E-state index is -4.08. The second kappa shape index (κ2) is 7.84. The second-order valence-electron chi connectivity index (χ2n) is 6.62. The average Bonchev–Trinajstić information content (AvgIpc) is 3.03. The SMILES string of the molecule is Cn1sc(=O)c2cc(S(=O)(=O)Nc3ccccc3NS(=O)(=O)c3ccccc3)ccc21. The van der Waals surface area contributed by atoms with Gasteiger partial charge in [0.25, 0.3) is 24.8 Å². The van der Waals surface area contributed by atoms with Gasteiger partial charge in [-0.25, -0.2) is 16.8 Å². The Labute approximate surface area is 183 Å². The molecular weight excluding hydrogens is 458 g/mol. The van der Waals surface area contributed by atoms with Gasteiger partial charge in [-0.15, -0.1) is 0 Å². The van der Waals surface area contributed by atoms with Crippen LogP contribution in [0.3, 0.4) is 0 Å². The number of para-hydroxylation sites is 2. The molecule has 0 atom stereocenters. The lowest BCUT2D eigenvalue weighted by Crippen LogP contribution is -2.17. The first-order valence-corrected chi connectivity index (χ1v) is 12.7. The third-order valence-corrected chi connectivity index (χ3v) is 8.13. The maximum atomic E-state index is 13.0. The number of fused-ring (bicyclic) bond motifs is 1. The van der Waals surface area contributed by atoms with Crippen molar-refractivity contribution in [2.45, 2.75) is 9.79 Å². The van der Waals surface area contributed by atoms with Crippen molar-refractivity contribution in [1.82, 2.24) is 3.96 Å². The van der Waals surface area contributed by atoms with Gasteiger partial charge in [0.05, 0.1) is 32.1 Å². The Morgan fingerprint density at radius 3 is 1.90 bits per heavy atom. The molecule has 0 radical (unpaired) electrons. The molecule has 1 aromatic heterocycles. The van der Waals surface area contributed by atoms with E-state index in [4.69, 9.17) is 0 Å². The molecule has 0 aliphatic carbocycles. The van der Waals surface area contributed by atoms with E-state index in [0.717, 1.165) is 11.5 Å². The Morgan fingerprint density at radius 1 is 0.742 bits per heavy atom. The van der Waals surface area contributed by atoms with Crippen LogP contribution in [0.1, 0.15) is 0 Å². The van der Waals surface area contributed by atoms with E-state index < -0.39 is 20.0 Å². The van der Waals surface area contributed by atoms with Crippen molar-refractivity contribution in [3.63, 3.8) is 0 Å². The molecule has 0 amide bonds. The fourth-order valence-corrected chi connectivity index (χ4v) is 5.99. The third kappa shape index (κ3) is 4.20. The molecule has 0 unspecified atom stereocenters. The smallest absolute Gasteiger partial charge is 0.261 e. The quantitative estimate of drug-likeness (QED) is 0.444. The van der Waals surface area contributed by atoms with Gasteiger partial charge in [-0.3, -0.25) is 18.2 Å². The molecule has 160 valence electrons. The van der Waals surface area contributed by atoms with E-state index in [1.807, 2.05) is 0 Å². The van der Waals surface area contributed by atoms with Crippen LogP contribution in [0.2, 0.25) is 0 Å². The fraction of sp³-hybridized carbons (Fsp3) is 0.0500. The summed E-state index contributed by atoms with van der Waals surface area (Å²) in [5, 5.41) is 0.299. The molecule has 11 heteroatoms. The maximum Gasteiger partial charge on any atom is 0.261 e. The van der Waals surface area contributed by atoms with E-state index in [9.17, 15) is 21.6 Å². The van der Waals surface area contributed by atoms with Crippen molar-refractivity contribution in [3.8, 4) is 0 Å². The number of hydrogen-bond donors (Lipinski definition) is 2. The van der Waals surface area contributed by atoms with Crippen LogP contribution in [-0.4, -0.2) is 20.8 Å². The van der Waals surface area contributed by atoms with Gasteiger partial charge in [-0.2, -0.15) is 0 Å². The van der Waals surface area contributed by atoms with Gasteiger partial charge in [-0.05, 0) is 54.0 Å². The summed E-state index contributed by atoms with van der Waals surface area (Å²) >= 11 is 0.982. The van der Waals surface area contributed by atoms with Gasteiger partial charge in [-0.1, -0.05) is 30.3 Å². The number of rotatable bonds is 6. The summed E-state index contributed by atoms with van der Waals surface area (Å²) in [5.74, 6) is 0. The Morgan fingerprint density at radius 2 is 1.29 bits per heavy atom. The topological polar surface area (TPSA) is 114 Å². The Hall–Kier alpha value is -3.15. The number of nitrogens with zero attached hydrogens (tertiary/aromatic N) is 1. The highest BCUT2D eigenvalue weighted by Gasteiger charge is 2.20. The molecular formula is C20H17N3O5S3. The first-order valence-electron chi connectivity index (χ1n) is 8.97. The molecule has 31 heavy (non-hydrogen) atoms. The molecule has 0 fully saturated rings. The number of benzene rings is 3. The molecule has 0 aliphatic heterocycles. The fourth-order valence-electron chi connectivity index (χ4n) is 3.01. The summed E-state index contributed by atoms with van der Waals surface area (Å²) in [7, 11) is -6.28. The van der Waals surface area contributed by atoms with E-state index in [-0.39, 0.29) is 25.9 Å². The van der Waals surface area contributed by atoms with Gasteiger partial charge < -0.3 is 0 Å². The van der Waals surface area contributed by atoms with Gasteiger partial charge in [0, 0.05) is 7.05 Å². The highest BCUT2D eigenvalue weighted by Crippen LogP contribution is 2.28. The average molecular weight is 476 g/mol. The van der Waals surface area contributed by atoms with Gasteiger partial charge in [0.1, 0.15) is 0 Å². The highest BCUT2D eigenvalue weighted by molar-refractivity contribution is 7.93. The monoisotopic (exact) mass is 475 g/mol. The lowest BCUT2D eigenvalue weighted by Gasteiger charge is -2.14. The molecule has 4 rings (SSSR count). The van der Waals surface area contributed by atoms with Crippen LogP contribution in [0.5, 0.6) is 0 Å². The summed E-state index contributed by atoms with van der Waals surface area (Å²) in [5.41, 5.74) is 0.757. The van der Waals surface area contributed by atoms with Crippen LogP contribution in [0.25, 0.3) is 10.9 Å². The summed E-state index contributed by atoms with van der Waals surface area (Å²) in [4.78, 5) is 12.0. The molecule has 3 aromatic carbocycles. The van der Waals surface area contributed by atoms with Crippen molar-refractivity contribution < 1.29 is 16.8 Å². The molecule has 0 aliphatic rings. The molecule has 0 saturated carbocycles. The van der Waals surface area contributed by atoms with Crippen molar-refractivity contribution in [3.05, 3.63) is 82.3 Å². The second-order valence-corrected chi connectivity index (χ2v) is 11.1. The molecule has 0 spiro atoms. The zero-order valence-electron chi connectivity index (χ0n) is 16.1. The summed E-state index contributed by atoms with van der Waals surface area (Å²) < 4.78 is 57.5. The highest BCUT2D eigenvalue weighted by atomic mass is 32.2. The van der Waals surface area contributed by atoms with E-state index in [2.05, 4.69) is 9.44 Å². The van der Waals surface area contributed by atoms with Crippen LogP contribution in [-0.2, 0) is 27.1 Å². The summed E-state index contributed by atoms with van der Waals surface area (Å²) in [6.45, 7) is 0. The van der Waals surface area contributed by atoms with Crippen LogP contribution in [0.4, 0.5) is 11.4 Å². The van der Waals surface area contributed by atoms with Crippen molar-refractivity contribution in [2.24, 2.45) is 7.05 Å². The van der Waals surface area contributed by atoms with E-state index >= 15 is 0 Å². The predicted octanol–water partition coefficient (Wildman–Crippen LogP) is 3.20. The largest absolute Gasteiger partial charge is 0.297 e. The number of aromatic nitrogens is 1. The number of anilines is 2. The Kier molecular flexibility index (Phi) is 5.33. The molecule has 0 bridgehead atoms. The normalized spacial score (nSPS) is 12.0. The standard InChI is InChI=1S/C20H17N3O5S3/c1-23-19-12-11-15(13-16(19)20(24)29-23)31(27,28)22-18-10-6-5-9-17(18)21-30(25,26)14-7-3-2-4-8-14/h2-13,21-22H,1H3. The number of hydrogen-bond acceptors (Lipinski definition) is 6. The minimum absolute atomic E-state index is 0.0476. The maximum absolute atomic E-state index is 13.0. The number of sulfonamides is 2. The molecule has 8 nitrogen and oxygen atoms in total. The minimum Gasteiger partial charge on any atom is -0.297 e. The Bertz CT molecular complexity index is 1540. The van der Waals surface area contributed by atoms with Crippen molar-refractivity contribution in [2.75, 3.05) is 9.44 Å². The van der Waals surface area contributed by atoms with Crippen LogP contribution in [0.15, 0.2) is 87.4 Å². The van der Waals surface area contributed by atoms with Gasteiger partial charge in [0.15, 0.2) is 0 Å². The first-order chi connectivity index (χ1) is 14.7. The zero-order valence-corrected chi connectivity index (χ0v) is 18.6. The summed E-state index contributed by atoms with van der Waals surface area (Å²) in [6, 6.07) is 18.1. The van der Waals surface area contributed by atoms with E-state index in [0.29, 0.717) is 10.9 Å². The Balaban J connectivity index is 1.69. The van der Waals surface area contributed by atoms with Crippen LogP contribution >= 0.6 is 11.5 Å².